The van der Waals surface area contributed by atoms with E-state index in [9.17, 15) is 4.79 Å². The van der Waals surface area contributed by atoms with Gasteiger partial charge in [-0.1, -0.05) is 6.92 Å². The quantitative estimate of drug-likeness (QED) is 0.707. The van der Waals surface area contributed by atoms with Crippen molar-refractivity contribution in [2.45, 2.75) is 19.8 Å². The Kier molecular flexibility index (Phi) is 3.70. The van der Waals surface area contributed by atoms with E-state index in [1.807, 2.05) is 5.01 Å². The molecular formula is C12H24N4O. The molecule has 2 aliphatic rings. The van der Waals surface area contributed by atoms with Crippen molar-refractivity contribution in [3.8, 4) is 0 Å². The minimum Gasteiger partial charge on any atom is -0.329 e. The zero-order valence-corrected chi connectivity index (χ0v) is 10.9. The summed E-state index contributed by atoms with van der Waals surface area (Å²) in [6.07, 6.45) is 1.87. The van der Waals surface area contributed by atoms with Crippen LogP contribution in [0.1, 0.15) is 19.8 Å². The third-order valence-electron chi connectivity index (χ3n) is 4.11. The largest absolute Gasteiger partial charge is 0.329 e. The number of hydrogen-bond donors (Lipinski definition) is 2. The number of nitrogens with one attached hydrogen (secondary N) is 1. The molecule has 0 bridgehead atoms. The molecule has 1 saturated carbocycles. The smallest absolute Gasteiger partial charge is 0.241 e. The van der Waals surface area contributed by atoms with Gasteiger partial charge in [-0.15, -0.1) is 0 Å². The van der Waals surface area contributed by atoms with Crippen LogP contribution in [0.25, 0.3) is 0 Å². The first-order chi connectivity index (χ1) is 8.05. The molecule has 3 N–H and O–H groups in total. The van der Waals surface area contributed by atoms with Crippen LogP contribution in [-0.2, 0) is 4.79 Å². The summed E-state index contributed by atoms with van der Waals surface area (Å²) in [7, 11) is 2.11. The lowest BCUT2D eigenvalue weighted by Crippen LogP contribution is -2.60. The molecule has 0 aromatic rings. The Morgan fingerprint density at radius 1 is 1.35 bits per heavy atom. The zero-order chi connectivity index (χ0) is 12.5. The number of amides is 1. The minimum atomic E-state index is -0.289. The number of hydrogen-bond acceptors (Lipinski definition) is 4. The molecule has 1 heterocycles. The zero-order valence-electron chi connectivity index (χ0n) is 10.9. The number of nitrogens with zero attached hydrogens (tertiary/aromatic N) is 2. The lowest BCUT2D eigenvalue weighted by molar-refractivity contribution is -0.144. The molecule has 2 fully saturated rings. The van der Waals surface area contributed by atoms with E-state index in [0.717, 1.165) is 39.0 Å². The van der Waals surface area contributed by atoms with E-state index in [2.05, 4.69) is 24.3 Å². The Balaban J connectivity index is 1.84. The van der Waals surface area contributed by atoms with Crippen LogP contribution in [0, 0.1) is 11.3 Å². The van der Waals surface area contributed by atoms with Crippen LogP contribution in [0.4, 0.5) is 0 Å². The maximum Gasteiger partial charge on any atom is 0.241 e. The van der Waals surface area contributed by atoms with Crippen molar-refractivity contribution in [1.29, 1.82) is 0 Å². The molecule has 0 unspecified atom stereocenters. The summed E-state index contributed by atoms with van der Waals surface area (Å²) in [4.78, 5) is 14.5. The first-order valence-corrected chi connectivity index (χ1v) is 6.50. The van der Waals surface area contributed by atoms with Crippen LogP contribution in [0.5, 0.6) is 0 Å². The van der Waals surface area contributed by atoms with E-state index in [-0.39, 0.29) is 11.3 Å². The average Bonchev–Trinajstić information content (AvgIpc) is 2.27. The number of rotatable bonds is 3. The predicted molar refractivity (Wildman–Crippen MR) is 67.1 cm³/mol. The Morgan fingerprint density at radius 2 is 1.94 bits per heavy atom. The second-order valence-electron chi connectivity index (χ2n) is 5.73. The van der Waals surface area contributed by atoms with Crippen molar-refractivity contribution in [3.05, 3.63) is 0 Å². The lowest BCUT2D eigenvalue weighted by atomic mass is 9.62. The first kappa shape index (κ1) is 12.8. The summed E-state index contributed by atoms with van der Waals surface area (Å²) in [6, 6.07) is 0. The van der Waals surface area contributed by atoms with E-state index in [1.165, 1.54) is 0 Å². The molecule has 0 radical (unpaired) electrons. The van der Waals surface area contributed by atoms with Gasteiger partial charge in [-0.2, -0.15) is 0 Å². The van der Waals surface area contributed by atoms with Crippen molar-refractivity contribution < 1.29 is 4.79 Å². The predicted octanol–water partition coefficient (Wildman–Crippen LogP) is -0.360. The molecular weight excluding hydrogens is 216 g/mol. The fourth-order valence-electron chi connectivity index (χ4n) is 2.90. The number of carbonyl (C=O) groups excluding carboxylic acids is 1. The fourth-order valence-corrected chi connectivity index (χ4v) is 2.90. The molecule has 1 amide bonds. The SMILES string of the molecule is CC1CC(CN)(C(=O)NN2CCN(C)CC2)C1. The second-order valence-corrected chi connectivity index (χ2v) is 5.73. The molecule has 1 saturated heterocycles. The summed E-state index contributed by atoms with van der Waals surface area (Å²) >= 11 is 0. The van der Waals surface area contributed by atoms with Gasteiger partial charge in [0.05, 0.1) is 5.41 Å². The minimum absolute atomic E-state index is 0.127. The Morgan fingerprint density at radius 3 is 2.41 bits per heavy atom. The second kappa shape index (κ2) is 4.92. The van der Waals surface area contributed by atoms with Crippen LogP contribution in [0.2, 0.25) is 0 Å². The van der Waals surface area contributed by atoms with Gasteiger partial charge in [0.15, 0.2) is 0 Å². The van der Waals surface area contributed by atoms with Gasteiger partial charge in [-0.05, 0) is 25.8 Å². The molecule has 1 aliphatic heterocycles. The summed E-state index contributed by atoms with van der Waals surface area (Å²) in [5.74, 6) is 0.763. The summed E-state index contributed by atoms with van der Waals surface area (Å²) < 4.78 is 0. The summed E-state index contributed by atoms with van der Waals surface area (Å²) in [5.41, 5.74) is 8.52. The highest BCUT2D eigenvalue weighted by atomic mass is 16.2. The van der Waals surface area contributed by atoms with Gasteiger partial charge in [0.1, 0.15) is 0 Å². The van der Waals surface area contributed by atoms with Crippen molar-refractivity contribution in [3.63, 3.8) is 0 Å². The van der Waals surface area contributed by atoms with Crippen molar-refractivity contribution in [2.75, 3.05) is 39.8 Å². The maximum absolute atomic E-state index is 12.2. The van der Waals surface area contributed by atoms with E-state index in [0.29, 0.717) is 12.5 Å². The molecule has 1 aliphatic carbocycles. The topological polar surface area (TPSA) is 61.6 Å². The molecule has 5 heteroatoms. The number of hydrazine groups is 1. The molecule has 2 rings (SSSR count). The van der Waals surface area contributed by atoms with E-state index >= 15 is 0 Å². The highest BCUT2D eigenvalue weighted by molar-refractivity contribution is 5.83. The number of likely N-dealkylation sites (N-methyl/N-ethyl adjacent to an activating group) is 1. The van der Waals surface area contributed by atoms with Crippen LogP contribution < -0.4 is 11.2 Å². The number of carbonyl (C=O) groups is 1. The van der Waals surface area contributed by atoms with Crippen LogP contribution in [0.3, 0.4) is 0 Å². The summed E-state index contributed by atoms with van der Waals surface area (Å²) in [5, 5.41) is 2.03. The van der Waals surface area contributed by atoms with Gasteiger partial charge in [-0.25, -0.2) is 5.01 Å². The lowest BCUT2D eigenvalue weighted by Gasteiger charge is -2.45. The van der Waals surface area contributed by atoms with Gasteiger partial charge in [-0.3, -0.25) is 10.2 Å². The molecule has 17 heavy (non-hydrogen) atoms. The van der Waals surface area contributed by atoms with Crippen LogP contribution in [0.15, 0.2) is 0 Å². The molecule has 5 nitrogen and oxygen atoms in total. The number of piperazine rings is 1. The highest BCUT2D eigenvalue weighted by Crippen LogP contribution is 2.44. The monoisotopic (exact) mass is 240 g/mol. The molecule has 0 aromatic heterocycles. The molecule has 0 atom stereocenters. The van der Waals surface area contributed by atoms with Gasteiger partial charge in [0.25, 0.3) is 0 Å². The van der Waals surface area contributed by atoms with E-state index in [1.54, 1.807) is 0 Å². The van der Waals surface area contributed by atoms with Crippen molar-refractivity contribution >= 4 is 5.91 Å². The molecule has 0 spiro atoms. The van der Waals surface area contributed by atoms with Gasteiger partial charge >= 0.3 is 0 Å². The van der Waals surface area contributed by atoms with Gasteiger partial charge in [0.2, 0.25) is 5.91 Å². The Hall–Kier alpha value is -0.650. The van der Waals surface area contributed by atoms with Crippen LogP contribution in [-0.4, -0.2) is 55.6 Å². The Labute approximate surface area is 103 Å². The van der Waals surface area contributed by atoms with Gasteiger partial charge < -0.3 is 10.6 Å². The third kappa shape index (κ3) is 2.61. The number of nitrogens with two attached hydrogens (primary N) is 1. The van der Waals surface area contributed by atoms with Crippen molar-refractivity contribution in [2.24, 2.45) is 17.1 Å². The summed E-state index contributed by atoms with van der Waals surface area (Å²) in [6.45, 7) is 6.46. The third-order valence-corrected chi connectivity index (χ3v) is 4.11. The first-order valence-electron chi connectivity index (χ1n) is 6.50. The molecule has 98 valence electrons. The Bertz CT molecular complexity index is 280. The average molecular weight is 240 g/mol. The van der Waals surface area contributed by atoms with Crippen molar-refractivity contribution in [1.82, 2.24) is 15.3 Å². The van der Waals surface area contributed by atoms with E-state index in [4.69, 9.17) is 5.73 Å². The fraction of sp³-hybridized carbons (Fsp3) is 0.917. The van der Waals surface area contributed by atoms with Gasteiger partial charge in [0, 0.05) is 32.7 Å². The van der Waals surface area contributed by atoms with Crippen LogP contribution >= 0.6 is 0 Å². The van der Waals surface area contributed by atoms with E-state index < -0.39 is 0 Å². The normalized spacial score (nSPS) is 35.4. The maximum atomic E-state index is 12.2. The molecule has 0 aromatic carbocycles. The standard InChI is InChI=1S/C12H24N4O/c1-10-7-12(8-10,9-13)11(17)14-16-5-3-15(2)4-6-16/h10H,3-9,13H2,1-2H3,(H,14,17). The highest BCUT2D eigenvalue weighted by Gasteiger charge is 2.47.